The van der Waals surface area contributed by atoms with Gasteiger partial charge in [-0.1, -0.05) is 43.6 Å². The molecule has 3 N–H and O–H groups in total. The fraction of sp³-hybridized carbons (Fsp3) is 0.387. The molecule has 0 aliphatic heterocycles. The average molecular weight is 563 g/mol. The molecule has 2 heterocycles. The number of aryl methyl sites for hydroxylation is 2. The van der Waals surface area contributed by atoms with Crippen molar-refractivity contribution >= 4 is 11.7 Å². The molecular formula is C31H36F2N6O2. The Kier molecular flexibility index (Phi) is 9.21. The van der Waals surface area contributed by atoms with Gasteiger partial charge < -0.3 is 25.0 Å². The molecule has 216 valence electrons. The van der Waals surface area contributed by atoms with Crippen molar-refractivity contribution in [2.75, 3.05) is 5.32 Å². The van der Waals surface area contributed by atoms with Crippen molar-refractivity contribution in [1.82, 2.24) is 25.3 Å². The molecular weight excluding hydrogens is 526 g/mol. The molecule has 5 rings (SSSR count). The Morgan fingerprint density at radius 1 is 1.17 bits per heavy atom. The Morgan fingerprint density at radius 3 is 2.83 bits per heavy atom. The molecule has 4 aromatic rings. The molecule has 10 heteroatoms. The van der Waals surface area contributed by atoms with E-state index in [1.807, 2.05) is 48.7 Å². The largest absolute Gasteiger partial charge is 0.360 e. The Balaban J connectivity index is 1.21. The van der Waals surface area contributed by atoms with E-state index in [4.69, 9.17) is 4.52 Å². The summed E-state index contributed by atoms with van der Waals surface area (Å²) in [6.45, 7) is 5.23. The summed E-state index contributed by atoms with van der Waals surface area (Å²) in [6, 6.07) is 11.7. The number of amides is 1. The van der Waals surface area contributed by atoms with Crippen LogP contribution in [0.3, 0.4) is 0 Å². The molecule has 2 aromatic carbocycles. The number of nitrogens with zero attached hydrogens (tertiary/aromatic N) is 3. The highest BCUT2D eigenvalue weighted by Gasteiger charge is 2.27. The van der Waals surface area contributed by atoms with Crippen molar-refractivity contribution in [2.24, 2.45) is 0 Å². The fourth-order valence-corrected chi connectivity index (χ4v) is 5.36. The van der Waals surface area contributed by atoms with E-state index in [9.17, 15) is 13.6 Å². The van der Waals surface area contributed by atoms with Gasteiger partial charge in [0.05, 0.1) is 30.2 Å². The van der Waals surface area contributed by atoms with Crippen molar-refractivity contribution in [3.05, 3.63) is 94.8 Å². The zero-order valence-corrected chi connectivity index (χ0v) is 23.4. The first-order chi connectivity index (χ1) is 19.9. The van der Waals surface area contributed by atoms with Crippen LogP contribution in [0.15, 0.2) is 59.5 Å². The highest BCUT2D eigenvalue weighted by molar-refractivity contribution is 5.94. The summed E-state index contributed by atoms with van der Waals surface area (Å²) in [5, 5.41) is 13.8. The number of hydrogen-bond donors (Lipinski definition) is 3. The number of rotatable bonds is 12. The molecule has 0 saturated heterocycles. The van der Waals surface area contributed by atoms with Crippen molar-refractivity contribution in [2.45, 2.75) is 77.5 Å². The van der Waals surface area contributed by atoms with Gasteiger partial charge in [0.25, 0.3) is 0 Å². The average Bonchev–Trinajstić information content (AvgIpc) is 3.63. The van der Waals surface area contributed by atoms with Gasteiger partial charge in [0.15, 0.2) is 11.6 Å². The van der Waals surface area contributed by atoms with E-state index in [-0.39, 0.29) is 11.9 Å². The predicted molar refractivity (Wildman–Crippen MR) is 153 cm³/mol. The second kappa shape index (κ2) is 13.2. The molecule has 0 radical (unpaired) electrons. The SMILES string of the molecule is CCC[C@@H](N[C@H]1CCc2cc(F)cc(F)c2C1)C(=O)Nc1cn(-c2ccccc2CNCc2cc(CC)no2)cn1. The normalized spacial score (nSPS) is 15.5. The van der Waals surface area contributed by atoms with Gasteiger partial charge in [0, 0.05) is 24.7 Å². The second-order valence-corrected chi connectivity index (χ2v) is 10.5. The highest BCUT2D eigenvalue weighted by Crippen LogP contribution is 2.26. The lowest BCUT2D eigenvalue weighted by Gasteiger charge is -2.29. The van der Waals surface area contributed by atoms with E-state index in [0.29, 0.717) is 55.7 Å². The topological polar surface area (TPSA) is 97.0 Å². The van der Waals surface area contributed by atoms with Crippen molar-refractivity contribution in [3.63, 3.8) is 0 Å². The number of imidazole rings is 1. The Morgan fingerprint density at radius 2 is 2.02 bits per heavy atom. The van der Waals surface area contributed by atoms with Gasteiger partial charge in [-0.05, 0) is 60.9 Å². The maximum absolute atomic E-state index is 14.4. The third-order valence-electron chi connectivity index (χ3n) is 7.48. The minimum absolute atomic E-state index is 0.0767. The van der Waals surface area contributed by atoms with Crippen LogP contribution in [0, 0.1) is 11.6 Å². The van der Waals surface area contributed by atoms with Crippen LogP contribution in [0.1, 0.15) is 61.3 Å². The van der Waals surface area contributed by atoms with Crippen LogP contribution in [0.5, 0.6) is 0 Å². The lowest BCUT2D eigenvalue weighted by molar-refractivity contribution is -0.118. The van der Waals surface area contributed by atoms with Gasteiger partial charge in [0.2, 0.25) is 5.91 Å². The maximum Gasteiger partial charge on any atom is 0.242 e. The molecule has 0 saturated carbocycles. The van der Waals surface area contributed by atoms with Gasteiger partial charge in [0.1, 0.15) is 18.0 Å². The van der Waals surface area contributed by atoms with Crippen LogP contribution in [0.4, 0.5) is 14.6 Å². The third kappa shape index (κ3) is 7.07. The van der Waals surface area contributed by atoms with E-state index in [0.717, 1.165) is 41.6 Å². The van der Waals surface area contributed by atoms with E-state index >= 15 is 0 Å². The smallest absolute Gasteiger partial charge is 0.242 e. The van der Waals surface area contributed by atoms with Crippen LogP contribution < -0.4 is 16.0 Å². The second-order valence-electron chi connectivity index (χ2n) is 10.5. The Bertz CT molecular complexity index is 1480. The van der Waals surface area contributed by atoms with Gasteiger partial charge in [-0.3, -0.25) is 4.79 Å². The van der Waals surface area contributed by atoms with Gasteiger partial charge >= 0.3 is 0 Å². The summed E-state index contributed by atoms with van der Waals surface area (Å²) in [6.07, 6.45) is 7.43. The summed E-state index contributed by atoms with van der Waals surface area (Å²) in [5.74, 6) is -0.0155. The molecule has 41 heavy (non-hydrogen) atoms. The van der Waals surface area contributed by atoms with Gasteiger partial charge in [-0.2, -0.15) is 0 Å². The van der Waals surface area contributed by atoms with Crippen molar-refractivity contribution < 1.29 is 18.1 Å². The lowest BCUT2D eigenvalue weighted by atomic mass is 9.87. The molecule has 1 amide bonds. The molecule has 0 spiro atoms. The number of aromatic nitrogens is 3. The number of nitrogens with one attached hydrogen (secondary N) is 3. The molecule has 2 atom stereocenters. The summed E-state index contributed by atoms with van der Waals surface area (Å²) in [4.78, 5) is 17.7. The van der Waals surface area contributed by atoms with E-state index in [1.165, 1.54) is 6.07 Å². The number of anilines is 1. The van der Waals surface area contributed by atoms with Gasteiger partial charge in [-0.25, -0.2) is 13.8 Å². The van der Waals surface area contributed by atoms with Crippen LogP contribution in [0.25, 0.3) is 5.69 Å². The Hall–Kier alpha value is -3.89. The Labute approximate surface area is 238 Å². The lowest BCUT2D eigenvalue weighted by Crippen LogP contribution is -2.48. The summed E-state index contributed by atoms with van der Waals surface area (Å²) >= 11 is 0. The fourth-order valence-electron chi connectivity index (χ4n) is 5.36. The number of carbonyl (C=O) groups is 1. The molecule has 2 aromatic heterocycles. The number of carbonyl (C=O) groups excluding carboxylic acids is 1. The number of hydrogen-bond acceptors (Lipinski definition) is 6. The number of fused-ring (bicyclic) bond motifs is 1. The number of para-hydroxylation sites is 1. The zero-order valence-electron chi connectivity index (χ0n) is 23.4. The third-order valence-corrected chi connectivity index (χ3v) is 7.48. The molecule has 0 bridgehead atoms. The summed E-state index contributed by atoms with van der Waals surface area (Å²) in [5.41, 5.74) is 4.18. The quantitative estimate of drug-likeness (QED) is 0.218. The van der Waals surface area contributed by atoms with Gasteiger partial charge in [-0.15, -0.1) is 0 Å². The van der Waals surface area contributed by atoms with Crippen LogP contribution in [-0.2, 0) is 37.1 Å². The predicted octanol–water partition coefficient (Wildman–Crippen LogP) is 5.25. The minimum atomic E-state index is -0.550. The van der Waals surface area contributed by atoms with Crippen molar-refractivity contribution in [3.8, 4) is 5.69 Å². The van der Waals surface area contributed by atoms with Crippen LogP contribution >= 0.6 is 0 Å². The zero-order chi connectivity index (χ0) is 28.8. The monoisotopic (exact) mass is 562 g/mol. The minimum Gasteiger partial charge on any atom is -0.360 e. The number of halogens is 2. The molecule has 0 unspecified atom stereocenters. The highest BCUT2D eigenvalue weighted by atomic mass is 19.1. The first-order valence-corrected chi connectivity index (χ1v) is 14.2. The molecule has 1 aliphatic rings. The molecule has 1 aliphatic carbocycles. The van der Waals surface area contributed by atoms with E-state index < -0.39 is 17.7 Å². The first-order valence-electron chi connectivity index (χ1n) is 14.2. The van der Waals surface area contributed by atoms with Crippen molar-refractivity contribution in [1.29, 1.82) is 0 Å². The van der Waals surface area contributed by atoms with Crippen LogP contribution in [-0.4, -0.2) is 32.7 Å². The first kappa shape index (κ1) is 28.6. The van der Waals surface area contributed by atoms with E-state index in [1.54, 1.807) is 12.5 Å². The molecule has 8 nitrogen and oxygen atoms in total. The maximum atomic E-state index is 14.4. The number of benzene rings is 2. The summed E-state index contributed by atoms with van der Waals surface area (Å²) < 4.78 is 35.3. The van der Waals surface area contributed by atoms with E-state index in [2.05, 4.69) is 26.1 Å². The standard InChI is InChI=1S/C31H36F2N6O2/c1-3-7-28(36-24-11-10-20-12-22(32)13-27(33)26(20)15-24)31(40)37-30-18-39(19-35-30)29-9-6-5-8-21(29)16-34-17-25-14-23(4-2)38-41-25/h5-6,8-9,12-14,18-19,24,28,34,36H,3-4,7,10-11,15-17H2,1-2H3,(H,37,40)/t24-,28+/m0/s1. The van der Waals surface area contributed by atoms with Crippen LogP contribution in [0.2, 0.25) is 0 Å². The molecule has 0 fully saturated rings. The summed E-state index contributed by atoms with van der Waals surface area (Å²) in [7, 11) is 0.